The van der Waals surface area contributed by atoms with Gasteiger partial charge in [0.1, 0.15) is 0 Å². The van der Waals surface area contributed by atoms with E-state index >= 15 is 0 Å². The van der Waals surface area contributed by atoms with Gasteiger partial charge in [-0.25, -0.2) is 0 Å². The van der Waals surface area contributed by atoms with Gasteiger partial charge < -0.3 is 5.73 Å². The summed E-state index contributed by atoms with van der Waals surface area (Å²) in [5, 5.41) is 7.92. The topological polar surface area (TPSA) is 68.9 Å². The van der Waals surface area contributed by atoms with E-state index in [0.717, 1.165) is 21.0 Å². The van der Waals surface area contributed by atoms with Crippen LogP contribution in [0.5, 0.6) is 0 Å². The number of carbonyl (C=O) groups excluding carboxylic acids is 1. The fourth-order valence-electron chi connectivity index (χ4n) is 1.92. The van der Waals surface area contributed by atoms with Crippen LogP contribution in [0.1, 0.15) is 34.0 Å². The van der Waals surface area contributed by atoms with Crippen molar-refractivity contribution < 1.29 is 4.79 Å². The third-order valence-electron chi connectivity index (χ3n) is 3.18. The lowest BCUT2D eigenvalue weighted by Crippen LogP contribution is -2.15. The fraction of sp³-hybridized carbons (Fsp3) is 0.357. The first-order chi connectivity index (χ1) is 9.38. The molecule has 0 amide bonds. The molecule has 2 N–H and O–H groups in total. The third kappa shape index (κ3) is 3.19. The van der Waals surface area contributed by atoms with Gasteiger partial charge in [0.2, 0.25) is 5.13 Å². The molecule has 1 heterocycles. The second kappa shape index (κ2) is 5.93. The number of nitrogens with two attached hydrogens (primary N) is 1. The van der Waals surface area contributed by atoms with E-state index < -0.39 is 0 Å². The maximum absolute atomic E-state index is 12.5. The van der Waals surface area contributed by atoms with Crippen LogP contribution in [-0.4, -0.2) is 21.2 Å². The second-order valence-electron chi connectivity index (χ2n) is 4.78. The Labute approximate surface area is 126 Å². The number of carbonyl (C=O) groups is 1. The van der Waals surface area contributed by atoms with Crippen LogP contribution in [-0.2, 0) is 0 Å². The smallest absolute Gasteiger partial charge is 0.203 e. The van der Waals surface area contributed by atoms with Gasteiger partial charge in [0.05, 0.1) is 5.25 Å². The average Bonchev–Trinajstić information content (AvgIpc) is 2.78. The summed E-state index contributed by atoms with van der Waals surface area (Å²) in [4.78, 5) is 12.5. The first-order valence-electron chi connectivity index (χ1n) is 6.26. The van der Waals surface area contributed by atoms with E-state index in [2.05, 4.69) is 23.2 Å². The van der Waals surface area contributed by atoms with Crippen LogP contribution in [0.2, 0.25) is 0 Å². The van der Waals surface area contributed by atoms with E-state index in [0.29, 0.717) is 5.13 Å². The number of Topliss-reactive ketones (excluding diaryl/α,β-unsaturated/α-hetero) is 1. The zero-order chi connectivity index (χ0) is 14.9. The molecule has 106 valence electrons. The maximum atomic E-state index is 12.5. The Bertz CT molecular complexity index is 652. The van der Waals surface area contributed by atoms with Gasteiger partial charge in [0.25, 0.3) is 0 Å². The first-order valence-corrected chi connectivity index (χ1v) is 7.95. The summed E-state index contributed by atoms with van der Waals surface area (Å²) >= 11 is 2.71. The van der Waals surface area contributed by atoms with E-state index in [1.165, 1.54) is 28.7 Å². The monoisotopic (exact) mass is 307 g/mol. The molecule has 1 aromatic heterocycles. The van der Waals surface area contributed by atoms with Crippen molar-refractivity contribution in [2.75, 3.05) is 5.73 Å². The summed E-state index contributed by atoms with van der Waals surface area (Å²) in [5.41, 5.74) is 9.69. The standard InChI is InChI=1S/C14H17N3OS2/c1-7-5-9(3)11(6-8(7)2)12(18)10(4)19-14-17-16-13(15)20-14/h5-6,10H,1-4H3,(H2,15,16)/t10-/m0/s1. The molecule has 0 fully saturated rings. The number of aromatic nitrogens is 2. The minimum atomic E-state index is -0.205. The van der Waals surface area contributed by atoms with E-state index in [9.17, 15) is 4.79 Å². The molecule has 2 aromatic rings. The molecular weight excluding hydrogens is 290 g/mol. The highest BCUT2D eigenvalue weighted by atomic mass is 32.2. The minimum absolute atomic E-state index is 0.115. The van der Waals surface area contributed by atoms with Crippen molar-refractivity contribution in [1.29, 1.82) is 0 Å². The summed E-state index contributed by atoms with van der Waals surface area (Å²) < 4.78 is 0.727. The molecular formula is C14H17N3OS2. The molecule has 0 unspecified atom stereocenters. The number of rotatable bonds is 4. The van der Waals surface area contributed by atoms with Gasteiger partial charge in [-0.1, -0.05) is 29.2 Å². The average molecular weight is 307 g/mol. The van der Waals surface area contributed by atoms with Crippen LogP contribution >= 0.6 is 23.1 Å². The Balaban J connectivity index is 2.20. The van der Waals surface area contributed by atoms with Crippen LogP contribution in [0.25, 0.3) is 0 Å². The number of ketones is 1. The van der Waals surface area contributed by atoms with Crippen molar-refractivity contribution >= 4 is 34.0 Å². The summed E-state index contributed by atoms with van der Waals surface area (Å²) in [6.07, 6.45) is 0. The number of nitrogen functional groups attached to an aromatic ring is 1. The van der Waals surface area contributed by atoms with E-state index in [1.807, 2.05) is 26.8 Å². The molecule has 4 nitrogen and oxygen atoms in total. The fourth-order valence-corrected chi connectivity index (χ4v) is 3.77. The molecule has 0 spiro atoms. The molecule has 0 aliphatic carbocycles. The van der Waals surface area contributed by atoms with Gasteiger partial charge >= 0.3 is 0 Å². The predicted octanol–water partition coefficient (Wildman–Crippen LogP) is 3.41. The Morgan fingerprint density at radius 3 is 2.45 bits per heavy atom. The predicted molar refractivity (Wildman–Crippen MR) is 84.6 cm³/mol. The number of thioether (sulfide) groups is 1. The third-order valence-corrected chi connectivity index (χ3v) is 5.11. The van der Waals surface area contributed by atoms with Gasteiger partial charge in [0, 0.05) is 5.56 Å². The number of aryl methyl sites for hydroxylation is 3. The van der Waals surface area contributed by atoms with Crippen molar-refractivity contribution in [2.45, 2.75) is 37.3 Å². The minimum Gasteiger partial charge on any atom is -0.374 e. The summed E-state index contributed by atoms with van der Waals surface area (Å²) in [7, 11) is 0. The van der Waals surface area contributed by atoms with Gasteiger partial charge in [-0.05, 0) is 50.5 Å². The lowest BCUT2D eigenvalue weighted by molar-refractivity contribution is 0.0993. The van der Waals surface area contributed by atoms with Gasteiger partial charge in [0.15, 0.2) is 10.1 Å². The number of anilines is 1. The number of hydrogen-bond acceptors (Lipinski definition) is 6. The molecule has 0 saturated heterocycles. The van der Waals surface area contributed by atoms with E-state index in [-0.39, 0.29) is 11.0 Å². The largest absolute Gasteiger partial charge is 0.374 e. The van der Waals surface area contributed by atoms with Crippen molar-refractivity contribution in [3.8, 4) is 0 Å². The highest BCUT2D eigenvalue weighted by Crippen LogP contribution is 2.30. The van der Waals surface area contributed by atoms with Crippen LogP contribution < -0.4 is 5.73 Å². The number of hydrogen-bond donors (Lipinski definition) is 1. The second-order valence-corrected chi connectivity index (χ2v) is 7.38. The van der Waals surface area contributed by atoms with Gasteiger partial charge in [-0.15, -0.1) is 10.2 Å². The highest BCUT2D eigenvalue weighted by Gasteiger charge is 2.20. The van der Waals surface area contributed by atoms with Crippen LogP contribution in [0.4, 0.5) is 5.13 Å². The Hall–Kier alpha value is -1.40. The molecule has 2 rings (SSSR count). The van der Waals surface area contributed by atoms with E-state index in [1.54, 1.807) is 0 Å². The molecule has 20 heavy (non-hydrogen) atoms. The van der Waals surface area contributed by atoms with Gasteiger partial charge in [-0.3, -0.25) is 4.79 Å². The Morgan fingerprint density at radius 1 is 1.20 bits per heavy atom. The zero-order valence-corrected chi connectivity index (χ0v) is 13.6. The van der Waals surface area contributed by atoms with Crippen molar-refractivity contribution in [3.63, 3.8) is 0 Å². The quantitative estimate of drug-likeness (QED) is 0.692. The molecule has 0 bridgehead atoms. The van der Waals surface area contributed by atoms with Crippen LogP contribution in [0.3, 0.4) is 0 Å². The lowest BCUT2D eigenvalue weighted by atomic mass is 9.97. The number of nitrogens with zero attached hydrogens (tertiary/aromatic N) is 2. The Morgan fingerprint density at radius 2 is 1.85 bits per heavy atom. The SMILES string of the molecule is Cc1cc(C)c(C(=O)[C@H](C)Sc2nnc(N)s2)cc1C. The van der Waals surface area contributed by atoms with Crippen LogP contribution in [0, 0.1) is 20.8 Å². The zero-order valence-electron chi connectivity index (χ0n) is 11.9. The Kier molecular flexibility index (Phi) is 4.45. The molecule has 1 atom stereocenters. The summed E-state index contributed by atoms with van der Waals surface area (Å²) in [6.45, 7) is 7.94. The molecule has 1 aromatic carbocycles. The number of benzene rings is 1. The maximum Gasteiger partial charge on any atom is 0.203 e. The normalized spacial score (nSPS) is 12.4. The van der Waals surface area contributed by atoms with Crippen molar-refractivity contribution in [3.05, 3.63) is 34.4 Å². The van der Waals surface area contributed by atoms with Crippen molar-refractivity contribution in [2.24, 2.45) is 0 Å². The summed E-state index contributed by atoms with van der Waals surface area (Å²) in [5.74, 6) is 0.115. The summed E-state index contributed by atoms with van der Waals surface area (Å²) in [6, 6.07) is 4.03. The van der Waals surface area contributed by atoms with E-state index in [4.69, 9.17) is 5.73 Å². The molecule has 0 aliphatic rings. The molecule has 0 radical (unpaired) electrons. The molecule has 0 saturated carbocycles. The van der Waals surface area contributed by atoms with Crippen molar-refractivity contribution in [1.82, 2.24) is 10.2 Å². The highest BCUT2D eigenvalue weighted by molar-refractivity contribution is 8.02. The molecule has 0 aliphatic heterocycles. The lowest BCUT2D eigenvalue weighted by Gasteiger charge is -2.12. The first kappa shape index (κ1) is 15.0. The molecule has 6 heteroatoms. The van der Waals surface area contributed by atoms with Crippen LogP contribution in [0.15, 0.2) is 16.5 Å². The van der Waals surface area contributed by atoms with Gasteiger partial charge in [-0.2, -0.15) is 0 Å².